The molecule has 2 rings (SSSR count). The summed E-state index contributed by atoms with van der Waals surface area (Å²) in [6, 6.07) is 4.86. The number of benzene rings is 1. The highest BCUT2D eigenvalue weighted by molar-refractivity contribution is 9.10. The molecule has 0 N–H and O–H groups in total. The van der Waals surface area contributed by atoms with Crippen LogP contribution in [0.15, 0.2) is 22.7 Å². The monoisotopic (exact) mass is 314 g/mol. The van der Waals surface area contributed by atoms with Crippen LogP contribution in [-0.4, -0.2) is 30.2 Å². The van der Waals surface area contributed by atoms with Gasteiger partial charge in [-0.25, -0.2) is 0 Å². The van der Waals surface area contributed by atoms with Crippen molar-refractivity contribution in [3.8, 4) is 0 Å². The molecule has 1 aromatic rings. The van der Waals surface area contributed by atoms with E-state index in [0.29, 0.717) is 0 Å². The summed E-state index contributed by atoms with van der Waals surface area (Å²) in [4.78, 5) is 12.5. The van der Waals surface area contributed by atoms with Crippen LogP contribution in [0.2, 0.25) is 0 Å². The van der Waals surface area contributed by atoms with E-state index in [1.165, 1.54) is 6.07 Å². The van der Waals surface area contributed by atoms with Crippen LogP contribution >= 0.6 is 15.9 Å². The van der Waals surface area contributed by atoms with Gasteiger partial charge in [0.05, 0.1) is 22.8 Å². The van der Waals surface area contributed by atoms with Gasteiger partial charge in [0.15, 0.2) is 0 Å². The molecule has 0 unspecified atom stereocenters. The second-order valence-corrected chi connectivity index (χ2v) is 5.41. The summed E-state index contributed by atoms with van der Waals surface area (Å²) in [7, 11) is 0. The smallest absolute Gasteiger partial charge is 0.270 e. The minimum Gasteiger partial charge on any atom is -0.372 e. The second-order valence-electron chi connectivity index (χ2n) is 4.56. The molecule has 1 heterocycles. The Labute approximate surface area is 114 Å². The number of anilines is 1. The van der Waals surface area contributed by atoms with E-state index in [1.807, 2.05) is 13.8 Å². The minimum absolute atomic E-state index is 0.0972. The molecule has 0 spiro atoms. The Hall–Kier alpha value is -1.14. The average molecular weight is 315 g/mol. The van der Waals surface area contributed by atoms with E-state index in [4.69, 9.17) is 4.74 Å². The first-order chi connectivity index (χ1) is 8.47. The molecule has 5 nitrogen and oxygen atoms in total. The molecule has 0 aliphatic carbocycles. The van der Waals surface area contributed by atoms with E-state index in [9.17, 15) is 10.1 Å². The maximum atomic E-state index is 10.7. The Bertz CT molecular complexity index is 457. The third-order valence-corrected chi connectivity index (χ3v) is 3.54. The van der Waals surface area contributed by atoms with E-state index in [1.54, 1.807) is 12.1 Å². The van der Waals surface area contributed by atoms with Gasteiger partial charge in [-0.1, -0.05) is 0 Å². The summed E-state index contributed by atoms with van der Waals surface area (Å²) < 4.78 is 6.42. The lowest BCUT2D eigenvalue weighted by Gasteiger charge is -2.37. The number of rotatable bonds is 2. The van der Waals surface area contributed by atoms with Gasteiger partial charge in [0.25, 0.3) is 5.69 Å². The van der Waals surface area contributed by atoms with Crippen LogP contribution in [0.4, 0.5) is 11.4 Å². The third-order valence-electron chi connectivity index (χ3n) is 2.90. The van der Waals surface area contributed by atoms with Crippen molar-refractivity contribution in [3.63, 3.8) is 0 Å². The highest BCUT2D eigenvalue weighted by Gasteiger charge is 2.24. The largest absolute Gasteiger partial charge is 0.372 e. The summed E-state index contributed by atoms with van der Waals surface area (Å²) in [5.74, 6) is 0. The molecule has 1 aliphatic rings. The van der Waals surface area contributed by atoms with Crippen LogP contribution in [0.5, 0.6) is 0 Å². The number of morpholine rings is 1. The van der Waals surface area contributed by atoms with Gasteiger partial charge >= 0.3 is 0 Å². The Kier molecular flexibility index (Phi) is 3.87. The Morgan fingerprint density at radius 3 is 2.50 bits per heavy atom. The highest BCUT2D eigenvalue weighted by atomic mass is 79.9. The second kappa shape index (κ2) is 5.24. The zero-order valence-corrected chi connectivity index (χ0v) is 11.9. The molecular formula is C12H15BrN2O3. The number of nitrogens with zero attached hydrogens (tertiary/aromatic N) is 2. The maximum Gasteiger partial charge on any atom is 0.270 e. The normalized spacial score (nSPS) is 24.1. The summed E-state index contributed by atoms with van der Waals surface area (Å²) in [6.45, 7) is 5.64. The van der Waals surface area contributed by atoms with Crippen LogP contribution < -0.4 is 4.90 Å². The standard InChI is InChI=1S/C12H15BrN2O3/c1-8-6-14(7-9(2)18-8)12-4-3-10(15(16)17)5-11(12)13/h3-5,8-9H,6-7H2,1-2H3/t8-,9-/m0/s1. The first kappa shape index (κ1) is 13.3. The fraction of sp³-hybridized carbons (Fsp3) is 0.500. The molecule has 0 aromatic heterocycles. The van der Waals surface area contributed by atoms with Gasteiger partial charge in [-0.2, -0.15) is 0 Å². The maximum absolute atomic E-state index is 10.7. The number of non-ortho nitro benzene ring substituents is 1. The predicted octanol–water partition coefficient (Wildman–Crippen LogP) is 2.97. The average Bonchev–Trinajstić information content (AvgIpc) is 2.27. The van der Waals surface area contributed by atoms with Gasteiger partial charge in [0.2, 0.25) is 0 Å². The summed E-state index contributed by atoms with van der Waals surface area (Å²) >= 11 is 3.40. The van der Waals surface area contributed by atoms with Gasteiger partial charge in [-0.05, 0) is 35.8 Å². The molecule has 1 fully saturated rings. The van der Waals surface area contributed by atoms with E-state index >= 15 is 0 Å². The lowest BCUT2D eigenvalue weighted by molar-refractivity contribution is -0.384. The molecule has 6 heteroatoms. The lowest BCUT2D eigenvalue weighted by Crippen LogP contribution is -2.45. The van der Waals surface area contributed by atoms with Crippen molar-refractivity contribution in [2.75, 3.05) is 18.0 Å². The fourth-order valence-electron chi connectivity index (χ4n) is 2.24. The summed E-state index contributed by atoms with van der Waals surface area (Å²) in [6.07, 6.45) is 0.326. The van der Waals surface area contributed by atoms with Crippen LogP contribution in [0.3, 0.4) is 0 Å². The fourth-order valence-corrected chi connectivity index (χ4v) is 2.86. The molecule has 18 heavy (non-hydrogen) atoms. The van der Waals surface area contributed by atoms with Gasteiger partial charge in [-0.15, -0.1) is 0 Å². The first-order valence-electron chi connectivity index (χ1n) is 5.81. The third kappa shape index (κ3) is 2.81. The Morgan fingerprint density at radius 1 is 1.39 bits per heavy atom. The molecule has 1 saturated heterocycles. The molecule has 1 aliphatic heterocycles. The van der Waals surface area contributed by atoms with Gasteiger partial charge < -0.3 is 9.64 Å². The topological polar surface area (TPSA) is 55.6 Å². The molecule has 0 amide bonds. The minimum atomic E-state index is -0.390. The quantitative estimate of drug-likeness (QED) is 0.622. The van der Waals surface area contributed by atoms with Crippen molar-refractivity contribution in [2.45, 2.75) is 26.1 Å². The number of ether oxygens (including phenoxy) is 1. The van der Waals surface area contributed by atoms with Crippen molar-refractivity contribution in [1.29, 1.82) is 0 Å². The van der Waals surface area contributed by atoms with E-state index in [-0.39, 0.29) is 22.8 Å². The van der Waals surface area contributed by atoms with Crippen LogP contribution in [-0.2, 0) is 4.74 Å². The highest BCUT2D eigenvalue weighted by Crippen LogP contribution is 2.31. The first-order valence-corrected chi connectivity index (χ1v) is 6.61. The molecule has 0 radical (unpaired) electrons. The van der Waals surface area contributed by atoms with Crippen molar-refractivity contribution in [1.82, 2.24) is 0 Å². The number of halogens is 1. The van der Waals surface area contributed by atoms with E-state index in [0.717, 1.165) is 23.2 Å². The summed E-state index contributed by atoms with van der Waals surface area (Å²) in [5, 5.41) is 10.7. The molecular weight excluding hydrogens is 300 g/mol. The van der Waals surface area contributed by atoms with E-state index in [2.05, 4.69) is 20.8 Å². The SMILES string of the molecule is C[C@H]1CN(c2ccc([N+](=O)[O-])cc2Br)C[C@H](C)O1. The van der Waals surface area contributed by atoms with E-state index < -0.39 is 0 Å². The molecule has 98 valence electrons. The number of nitro benzene ring substituents is 1. The van der Waals surface area contributed by atoms with Gasteiger partial charge in [0, 0.05) is 29.7 Å². The molecule has 0 bridgehead atoms. The molecule has 2 atom stereocenters. The van der Waals surface area contributed by atoms with Gasteiger partial charge in [0.1, 0.15) is 0 Å². The zero-order chi connectivity index (χ0) is 13.3. The predicted molar refractivity (Wildman–Crippen MR) is 73.0 cm³/mol. The van der Waals surface area contributed by atoms with Crippen LogP contribution in [0, 0.1) is 10.1 Å². The van der Waals surface area contributed by atoms with Crippen LogP contribution in [0.25, 0.3) is 0 Å². The van der Waals surface area contributed by atoms with Crippen molar-refractivity contribution < 1.29 is 9.66 Å². The number of hydrogen-bond acceptors (Lipinski definition) is 4. The summed E-state index contributed by atoms with van der Waals surface area (Å²) in [5.41, 5.74) is 1.07. The molecule has 0 saturated carbocycles. The lowest BCUT2D eigenvalue weighted by atomic mass is 10.2. The Balaban J connectivity index is 2.25. The van der Waals surface area contributed by atoms with Crippen molar-refractivity contribution in [3.05, 3.63) is 32.8 Å². The number of hydrogen-bond donors (Lipinski definition) is 0. The number of nitro groups is 1. The van der Waals surface area contributed by atoms with Crippen LogP contribution in [0.1, 0.15) is 13.8 Å². The van der Waals surface area contributed by atoms with Crippen molar-refractivity contribution >= 4 is 27.3 Å². The Morgan fingerprint density at radius 2 is 2.00 bits per heavy atom. The zero-order valence-electron chi connectivity index (χ0n) is 10.3. The van der Waals surface area contributed by atoms with Crippen molar-refractivity contribution in [2.24, 2.45) is 0 Å². The molecule has 1 aromatic carbocycles. The van der Waals surface area contributed by atoms with Gasteiger partial charge in [-0.3, -0.25) is 10.1 Å².